The van der Waals surface area contributed by atoms with Crippen molar-refractivity contribution < 1.29 is 9.90 Å². The van der Waals surface area contributed by atoms with Gasteiger partial charge >= 0.3 is 0 Å². The number of carbonyl (C=O) groups excluding carboxylic acids is 1. The second-order valence-electron chi connectivity index (χ2n) is 5.51. The van der Waals surface area contributed by atoms with Crippen molar-refractivity contribution in [3.63, 3.8) is 0 Å². The molecule has 1 aliphatic heterocycles. The number of anilines is 2. The minimum atomic E-state index is -0.972. The lowest BCUT2D eigenvalue weighted by atomic mass is 9.91. The van der Waals surface area contributed by atoms with Gasteiger partial charge in [0.15, 0.2) is 11.5 Å². The highest BCUT2D eigenvalue weighted by atomic mass is 16.3. The van der Waals surface area contributed by atoms with Gasteiger partial charge in [-0.2, -0.15) is 5.26 Å². The lowest BCUT2D eigenvalue weighted by Crippen LogP contribution is -2.62. The highest BCUT2D eigenvalue weighted by molar-refractivity contribution is 6.02. The van der Waals surface area contributed by atoms with Crippen molar-refractivity contribution in [2.45, 2.75) is 12.0 Å². The molecule has 1 saturated heterocycles. The second kappa shape index (κ2) is 6.02. The average Bonchev–Trinajstić information content (AvgIpc) is 2.54. The molecule has 0 bridgehead atoms. The molecule has 1 aromatic heterocycles. The first-order valence-corrected chi connectivity index (χ1v) is 7.14. The molecular formula is C16H15N5O2. The van der Waals surface area contributed by atoms with Crippen molar-refractivity contribution in [1.82, 2.24) is 10.2 Å². The smallest absolute Gasteiger partial charge is 0.276 e. The molecule has 0 spiro atoms. The first-order valence-electron chi connectivity index (χ1n) is 7.14. The van der Waals surface area contributed by atoms with Gasteiger partial charge in [0.25, 0.3) is 5.91 Å². The Labute approximate surface area is 133 Å². The molecule has 0 atom stereocenters. The average molecular weight is 309 g/mol. The topological polar surface area (TPSA) is 102 Å². The number of rotatable bonds is 4. The first-order chi connectivity index (χ1) is 11.1. The summed E-state index contributed by atoms with van der Waals surface area (Å²) < 4.78 is 0. The molecule has 3 rings (SSSR count). The van der Waals surface area contributed by atoms with Crippen molar-refractivity contribution >= 4 is 17.4 Å². The quantitative estimate of drug-likeness (QED) is 0.879. The maximum Gasteiger partial charge on any atom is 0.276 e. The van der Waals surface area contributed by atoms with Gasteiger partial charge in [0.05, 0.1) is 25.6 Å². The van der Waals surface area contributed by atoms with Gasteiger partial charge in [-0.3, -0.25) is 4.79 Å². The molecule has 2 aromatic rings. The summed E-state index contributed by atoms with van der Waals surface area (Å²) >= 11 is 0. The maximum atomic E-state index is 12.1. The molecule has 7 heteroatoms. The summed E-state index contributed by atoms with van der Waals surface area (Å²) in [6.45, 7) is 0.676. The molecule has 2 N–H and O–H groups in total. The summed E-state index contributed by atoms with van der Waals surface area (Å²) in [7, 11) is 0. The third-order valence-corrected chi connectivity index (χ3v) is 3.62. The number of hydrogen-bond donors (Lipinski definition) is 2. The van der Waals surface area contributed by atoms with E-state index in [4.69, 9.17) is 5.26 Å². The molecule has 1 aliphatic rings. The number of aromatic nitrogens is 2. The molecule has 0 saturated carbocycles. The minimum Gasteiger partial charge on any atom is -0.385 e. The van der Waals surface area contributed by atoms with Crippen LogP contribution in [-0.2, 0) is 0 Å². The van der Waals surface area contributed by atoms with Crippen LogP contribution in [0.5, 0.6) is 0 Å². The van der Waals surface area contributed by atoms with Crippen LogP contribution in [0, 0.1) is 11.3 Å². The Bertz CT molecular complexity index is 733. The van der Waals surface area contributed by atoms with Gasteiger partial charge in [0, 0.05) is 5.69 Å². The van der Waals surface area contributed by atoms with Gasteiger partial charge in [0.1, 0.15) is 5.60 Å². The molecule has 0 aliphatic carbocycles. The van der Waals surface area contributed by atoms with Crippen molar-refractivity contribution in [2.24, 2.45) is 0 Å². The Hall–Kier alpha value is -2.98. The van der Waals surface area contributed by atoms with E-state index < -0.39 is 5.60 Å². The number of nitriles is 1. The fourth-order valence-corrected chi connectivity index (χ4v) is 2.42. The Kier molecular flexibility index (Phi) is 3.91. The van der Waals surface area contributed by atoms with Gasteiger partial charge in [-0.15, -0.1) is 10.2 Å². The molecular weight excluding hydrogens is 294 g/mol. The zero-order valence-corrected chi connectivity index (χ0v) is 12.3. The van der Waals surface area contributed by atoms with Gasteiger partial charge in [0.2, 0.25) is 0 Å². The van der Waals surface area contributed by atoms with Crippen LogP contribution < -0.4 is 10.2 Å². The van der Waals surface area contributed by atoms with Crippen LogP contribution in [0.1, 0.15) is 16.9 Å². The highest BCUT2D eigenvalue weighted by Crippen LogP contribution is 2.28. The molecule has 116 valence electrons. The van der Waals surface area contributed by atoms with Crippen LogP contribution in [-0.4, -0.2) is 39.9 Å². The number of para-hydroxylation sites is 1. The monoisotopic (exact) mass is 309 g/mol. The van der Waals surface area contributed by atoms with E-state index in [1.54, 1.807) is 24.3 Å². The summed E-state index contributed by atoms with van der Waals surface area (Å²) in [5.74, 6) is 0.240. The molecule has 1 fully saturated rings. The molecule has 1 amide bonds. The van der Waals surface area contributed by atoms with Crippen LogP contribution in [0.25, 0.3) is 0 Å². The third-order valence-electron chi connectivity index (χ3n) is 3.62. The lowest BCUT2D eigenvalue weighted by molar-refractivity contribution is 0.0161. The van der Waals surface area contributed by atoms with Crippen molar-refractivity contribution in [2.75, 3.05) is 23.3 Å². The lowest BCUT2D eigenvalue weighted by Gasteiger charge is -2.45. The molecule has 23 heavy (non-hydrogen) atoms. The number of aliphatic hydroxyl groups is 1. The maximum absolute atomic E-state index is 12.1. The predicted molar refractivity (Wildman–Crippen MR) is 83.8 cm³/mol. The van der Waals surface area contributed by atoms with E-state index in [1.807, 2.05) is 29.2 Å². The first kappa shape index (κ1) is 14.9. The number of nitrogens with zero attached hydrogens (tertiary/aromatic N) is 4. The van der Waals surface area contributed by atoms with Crippen molar-refractivity contribution in [3.05, 3.63) is 48.2 Å². The van der Waals surface area contributed by atoms with E-state index in [0.717, 1.165) is 0 Å². The zero-order valence-electron chi connectivity index (χ0n) is 12.3. The zero-order chi connectivity index (χ0) is 16.3. The molecule has 0 radical (unpaired) electrons. The number of carbonyl (C=O) groups is 1. The van der Waals surface area contributed by atoms with Gasteiger partial charge in [-0.1, -0.05) is 18.2 Å². The Morgan fingerprint density at radius 3 is 2.61 bits per heavy atom. The second-order valence-corrected chi connectivity index (χ2v) is 5.51. The van der Waals surface area contributed by atoms with Crippen molar-refractivity contribution in [3.8, 4) is 6.07 Å². The largest absolute Gasteiger partial charge is 0.385 e. The van der Waals surface area contributed by atoms with Crippen LogP contribution >= 0.6 is 0 Å². The standard InChI is InChI=1S/C16H15N5O2/c17-9-8-16(23)10-21(11-16)14-7-6-13(19-20-14)15(22)18-12-4-2-1-3-5-12/h1-7,23H,8,10-11H2,(H,18,22). The molecule has 0 unspecified atom stereocenters. The minimum absolute atomic E-state index is 0.0918. The third kappa shape index (κ3) is 3.27. The fourth-order valence-electron chi connectivity index (χ4n) is 2.42. The van der Waals surface area contributed by atoms with Gasteiger partial charge < -0.3 is 15.3 Å². The SMILES string of the molecule is N#CCC1(O)CN(c2ccc(C(=O)Nc3ccccc3)nn2)C1. The Balaban J connectivity index is 1.62. The van der Waals surface area contributed by atoms with Gasteiger partial charge in [-0.05, 0) is 24.3 Å². The molecule has 7 nitrogen and oxygen atoms in total. The van der Waals surface area contributed by atoms with E-state index in [0.29, 0.717) is 24.6 Å². The normalized spacial score (nSPS) is 15.4. The van der Waals surface area contributed by atoms with E-state index >= 15 is 0 Å². The van der Waals surface area contributed by atoms with E-state index in [9.17, 15) is 9.90 Å². The highest BCUT2D eigenvalue weighted by Gasteiger charge is 2.41. The molecule has 2 heterocycles. The van der Waals surface area contributed by atoms with Crippen LogP contribution in [0.2, 0.25) is 0 Å². The summed E-state index contributed by atoms with van der Waals surface area (Å²) in [5, 5.41) is 29.3. The number of amides is 1. The Morgan fingerprint density at radius 2 is 2.00 bits per heavy atom. The van der Waals surface area contributed by atoms with Crippen LogP contribution in [0.15, 0.2) is 42.5 Å². The number of β-amino-alcohol motifs (C(OH)–C–C–N with tert-alkyl or cyclic N) is 1. The summed E-state index contributed by atoms with van der Waals surface area (Å²) in [4.78, 5) is 13.9. The van der Waals surface area contributed by atoms with E-state index in [1.165, 1.54) is 0 Å². The van der Waals surface area contributed by atoms with E-state index in [-0.39, 0.29) is 18.0 Å². The van der Waals surface area contributed by atoms with Crippen LogP contribution in [0.4, 0.5) is 11.5 Å². The molecule has 1 aromatic carbocycles. The Morgan fingerprint density at radius 1 is 1.26 bits per heavy atom. The number of hydrogen-bond acceptors (Lipinski definition) is 6. The van der Waals surface area contributed by atoms with Gasteiger partial charge in [-0.25, -0.2) is 0 Å². The van der Waals surface area contributed by atoms with Crippen molar-refractivity contribution in [1.29, 1.82) is 5.26 Å². The summed E-state index contributed by atoms with van der Waals surface area (Å²) in [6.07, 6.45) is 0.0918. The predicted octanol–water partition coefficient (Wildman–Crippen LogP) is 1.19. The van der Waals surface area contributed by atoms with E-state index in [2.05, 4.69) is 15.5 Å². The summed E-state index contributed by atoms with van der Waals surface area (Å²) in [6, 6.07) is 14.3. The fraction of sp³-hybridized carbons (Fsp3) is 0.250. The number of nitrogens with one attached hydrogen (secondary N) is 1. The summed E-state index contributed by atoms with van der Waals surface area (Å²) in [5.41, 5.74) is -0.0714. The van der Waals surface area contributed by atoms with Crippen LogP contribution in [0.3, 0.4) is 0 Å². The number of benzene rings is 1.